The first-order valence-corrected chi connectivity index (χ1v) is 7.47. The fraction of sp³-hybridized carbons (Fsp3) is 0.571. The van der Waals surface area contributed by atoms with Gasteiger partial charge in [0.05, 0.1) is 28.6 Å². The molecular formula is C14H22ClN5. The van der Waals surface area contributed by atoms with Crippen LogP contribution in [-0.2, 0) is 20.0 Å². The molecule has 0 spiro atoms. The van der Waals surface area contributed by atoms with Gasteiger partial charge in [-0.2, -0.15) is 10.2 Å². The van der Waals surface area contributed by atoms with Crippen LogP contribution in [0.25, 0.3) is 0 Å². The smallest absolute Gasteiger partial charge is 0.0837 e. The first-order chi connectivity index (χ1) is 9.62. The van der Waals surface area contributed by atoms with Crippen molar-refractivity contribution in [1.29, 1.82) is 0 Å². The molecule has 2 heterocycles. The molecule has 5 nitrogen and oxygen atoms in total. The van der Waals surface area contributed by atoms with Gasteiger partial charge in [0.1, 0.15) is 0 Å². The van der Waals surface area contributed by atoms with Gasteiger partial charge in [-0.05, 0) is 19.9 Å². The highest BCUT2D eigenvalue weighted by Gasteiger charge is 2.24. The number of rotatable bonds is 6. The molecule has 1 unspecified atom stereocenters. The molecule has 0 aliphatic carbocycles. The van der Waals surface area contributed by atoms with E-state index in [1.54, 1.807) is 6.20 Å². The quantitative estimate of drug-likeness (QED) is 0.891. The zero-order valence-corrected chi connectivity index (χ0v) is 13.3. The van der Waals surface area contributed by atoms with E-state index in [1.807, 2.05) is 16.4 Å². The van der Waals surface area contributed by atoms with Crippen molar-refractivity contribution in [2.24, 2.45) is 7.05 Å². The van der Waals surface area contributed by atoms with Crippen LogP contribution < -0.4 is 5.32 Å². The molecule has 1 N–H and O–H groups in total. The van der Waals surface area contributed by atoms with Gasteiger partial charge in [-0.3, -0.25) is 9.36 Å². The zero-order valence-electron chi connectivity index (χ0n) is 12.5. The van der Waals surface area contributed by atoms with Crippen LogP contribution >= 0.6 is 11.6 Å². The fourth-order valence-electron chi connectivity index (χ4n) is 2.54. The van der Waals surface area contributed by atoms with Crippen LogP contribution in [0.3, 0.4) is 0 Å². The molecule has 0 bridgehead atoms. The number of aromatic nitrogens is 4. The molecule has 0 aromatic carbocycles. The summed E-state index contributed by atoms with van der Waals surface area (Å²) in [7, 11) is 1.95. The van der Waals surface area contributed by atoms with Gasteiger partial charge in [0, 0.05) is 25.4 Å². The number of nitrogens with one attached hydrogen (secondary N) is 1. The molecule has 0 amide bonds. The summed E-state index contributed by atoms with van der Waals surface area (Å²) in [6.45, 7) is 7.93. The second-order valence-electron chi connectivity index (χ2n) is 4.74. The summed E-state index contributed by atoms with van der Waals surface area (Å²) in [6, 6.07) is 0.0265. The summed E-state index contributed by atoms with van der Waals surface area (Å²) in [4.78, 5) is 0. The van der Waals surface area contributed by atoms with Crippen LogP contribution in [0.1, 0.15) is 43.8 Å². The lowest BCUT2D eigenvalue weighted by atomic mass is 10.0. The Bertz CT molecular complexity index is 572. The van der Waals surface area contributed by atoms with Crippen LogP contribution in [0.15, 0.2) is 12.4 Å². The Kier molecular flexibility index (Phi) is 4.83. The van der Waals surface area contributed by atoms with E-state index in [1.165, 1.54) is 5.56 Å². The minimum absolute atomic E-state index is 0.0265. The van der Waals surface area contributed by atoms with Crippen molar-refractivity contribution in [3.63, 3.8) is 0 Å². The Morgan fingerprint density at radius 3 is 2.70 bits per heavy atom. The van der Waals surface area contributed by atoms with Gasteiger partial charge in [-0.1, -0.05) is 25.4 Å². The van der Waals surface area contributed by atoms with Crippen LogP contribution in [0.4, 0.5) is 0 Å². The van der Waals surface area contributed by atoms with Gasteiger partial charge in [-0.15, -0.1) is 0 Å². The fourth-order valence-corrected chi connectivity index (χ4v) is 2.79. The van der Waals surface area contributed by atoms with Crippen LogP contribution in [0, 0.1) is 0 Å². The average molecular weight is 296 g/mol. The molecule has 1 atom stereocenters. The molecule has 0 saturated carbocycles. The number of hydrogen-bond acceptors (Lipinski definition) is 3. The lowest BCUT2D eigenvalue weighted by Gasteiger charge is -2.19. The monoisotopic (exact) mass is 295 g/mol. The molecule has 110 valence electrons. The van der Waals surface area contributed by atoms with Crippen molar-refractivity contribution in [2.75, 3.05) is 6.54 Å². The van der Waals surface area contributed by atoms with Crippen LogP contribution in [0.2, 0.25) is 5.02 Å². The number of halogens is 1. The lowest BCUT2D eigenvalue weighted by Crippen LogP contribution is -2.25. The van der Waals surface area contributed by atoms with E-state index < -0.39 is 0 Å². The van der Waals surface area contributed by atoms with Crippen molar-refractivity contribution in [2.45, 2.75) is 39.8 Å². The van der Waals surface area contributed by atoms with Crippen molar-refractivity contribution in [3.05, 3.63) is 34.4 Å². The topological polar surface area (TPSA) is 47.7 Å². The molecule has 0 aliphatic heterocycles. The van der Waals surface area contributed by atoms with Gasteiger partial charge in [-0.25, -0.2) is 0 Å². The maximum atomic E-state index is 6.36. The zero-order chi connectivity index (χ0) is 14.7. The van der Waals surface area contributed by atoms with Crippen molar-refractivity contribution >= 4 is 11.6 Å². The summed E-state index contributed by atoms with van der Waals surface area (Å²) < 4.78 is 3.81. The molecule has 6 heteroatoms. The summed E-state index contributed by atoms with van der Waals surface area (Å²) >= 11 is 6.36. The van der Waals surface area contributed by atoms with Gasteiger partial charge < -0.3 is 5.32 Å². The Balaban J connectivity index is 2.52. The second kappa shape index (κ2) is 6.41. The average Bonchev–Trinajstić information content (AvgIpc) is 2.99. The third-order valence-corrected chi connectivity index (χ3v) is 3.69. The minimum Gasteiger partial charge on any atom is -0.305 e. The van der Waals surface area contributed by atoms with Crippen molar-refractivity contribution in [1.82, 2.24) is 24.9 Å². The highest BCUT2D eigenvalue weighted by Crippen LogP contribution is 2.30. The molecule has 2 aromatic rings. The largest absolute Gasteiger partial charge is 0.305 e. The SMILES string of the molecule is CCNC(c1cn(C)nc1CC)c1c(Cl)cnn1CC. The minimum atomic E-state index is 0.0265. The molecular weight excluding hydrogens is 274 g/mol. The van der Waals surface area contributed by atoms with Gasteiger partial charge >= 0.3 is 0 Å². The Labute approximate surface area is 124 Å². The first-order valence-electron chi connectivity index (χ1n) is 7.09. The second-order valence-corrected chi connectivity index (χ2v) is 5.15. The first kappa shape index (κ1) is 15.1. The normalized spacial score (nSPS) is 12.8. The maximum absolute atomic E-state index is 6.36. The standard InChI is InChI=1S/C14H22ClN5/c1-5-12-10(9-19(4)18-12)13(16-6-2)14-11(15)8-17-20(14)7-3/h8-9,13,16H,5-7H2,1-4H3. The summed E-state index contributed by atoms with van der Waals surface area (Å²) in [5, 5.41) is 13.1. The summed E-state index contributed by atoms with van der Waals surface area (Å²) in [5.41, 5.74) is 3.28. The van der Waals surface area contributed by atoms with Crippen LogP contribution in [0.5, 0.6) is 0 Å². The molecule has 2 aromatic heterocycles. The number of aryl methyl sites for hydroxylation is 3. The van der Waals surface area contributed by atoms with Crippen molar-refractivity contribution in [3.8, 4) is 0 Å². The van der Waals surface area contributed by atoms with E-state index in [-0.39, 0.29) is 6.04 Å². The number of hydrogen-bond donors (Lipinski definition) is 1. The molecule has 20 heavy (non-hydrogen) atoms. The Hall–Kier alpha value is -1.33. The van der Waals surface area contributed by atoms with Gasteiger partial charge in [0.25, 0.3) is 0 Å². The van der Waals surface area contributed by atoms with E-state index >= 15 is 0 Å². The maximum Gasteiger partial charge on any atom is 0.0837 e. The number of nitrogens with zero attached hydrogens (tertiary/aromatic N) is 4. The molecule has 0 fully saturated rings. The Morgan fingerprint density at radius 1 is 1.35 bits per heavy atom. The molecule has 0 radical (unpaired) electrons. The molecule has 0 saturated heterocycles. The van der Waals surface area contributed by atoms with Gasteiger partial charge in [0.15, 0.2) is 0 Å². The highest BCUT2D eigenvalue weighted by molar-refractivity contribution is 6.31. The van der Waals surface area contributed by atoms with E-state index in [2.05, 4.69) is 42.5 Å². The van der Waals surface area contributed by atoms with E-state index in [4.69, 9.17) is 11.6 Å². The third kappa shape index (κ3) is 2.74. The van der Waals surface area contributed by atoms with Gasteiger partial charge in [0.2, 0.25) is 0 Å². The van der Waals surface area contributed by atoms with E-state index in [0.717, 1.165) is 30.9 Å². The summed E-state index contributed by atoms with van der Waals surface area (Å²) in [5.74, 6) is 0. The van der Waals surface area contributed by atoms with E-state index in [0.29, 0.717) is 5.02 Å². The Morgan fingerprint density at radius 2 is 2.10 bits per heavy atom. The molecule has 2 rings (SSSR count). The highest BCUT2D eigenvalue weighted by atomic mass is 35.5. The predicted octanol–water partition coefficient (Wildman–Crippen LogP) is 2.55. The molecule has 0 aliphatic rings. The van der Waals surface area contributed by atoms with Crippen molar-refractivity contribution < 1.29 is 0 Å². The van der Waals surface area contributed by atoms with E-state index in [9.17, 15) is 0 Å². The van der Waals surface area contributed by atoms with Crippen LogP contribution in [-0.4, -0.2) is 26.1 Å². The summed E-state index contributed by atoms with van der Waals surface area (Å²) in [6.07, 6.45) is 4.68. The predicted molar refractivity (Wildman–Crippen MR) is 81.0 cm³/mol. The third-order valence-electron chi connectivity index (χ3n) is 3.40. The lowest BCUT2D eigenvalue weighted by molar-refractivity contribution is 0.540.